The van der Waals surface area contributed by atoms with E-state index in [1.807, 2.05) is 0 Å². The van der Waals surface area contributed by atoms with Gasteiger partial charge in [-0.25, -0.2) is 0 Å². The van der Waals surface area contributed by atoms with E-state index in [1.165, 1.54) is 25.7 Å². The Morgan fingerprint density at radius 2 is 2.12 bits per heavy atom. The predicted octanol–water partition coefficient (Wildman–Crippen LogP) is 2.66. The van der Waals surface area contributed by atoms with Crippen molar-refractivity contribution >= 4 is 11.8 Å². The van der Waals surface area contributed by atoms with E-state index in [4.69, 9.17) is 0 Å². The lowest BCUT2D eigenvalue weighted by molar-refractivity contribution is 0.151. The standard InChI is InChI=1S/C13H27NOS/c1-10(11(9-15)16-4)14-12-7-5-6-8-13(12,2)3/h10-12,14-15H,5-9H2,1-4H3. The zero-order valence-electron chi connectivity index (χ0n) is 11.1. The van der Waals surface area contributed by atoms with E-state index in [0.29, 0.717) is 22.7 Å². The Bertz CT molecular complexity index is 204. The number of hydrogen-bond donors (Lipinski definition) is 2. The molecule has 0 aliphatic heterocycles. The van der Waals surface area contributed by atoms with Gasteiger partial charge in [-0.3, -0.25) is 0 Å². The van der Waals surface area contributed by atoms with Gasteiger partial charge in [0.15, 0.2) is 0 Å². The maximum atomic E-state index is 9.30. The molecule has 3 unspecified atom stereocenters. The van der Waals surface area contributed by atoms with Crippen molar-refractivity contribution in [3.63, 3.8) is 0 Å². The highest BCUT2D eigenvalue weighted by Gasteiger charge is 2.33. The minimum Gasteiger partial charge on any atom is -0.395 e. The molecule has 0 aromatic rings. The Morgan fingerprint density at radius 1 is 1.44 bits per heavy atom. The second kappa shape index (κ2) is 6.27. The van der Waals surface area contributed by atoms with Crippen molar-refractivity contribution in [1.29, 1.82) is 0 Å². The summed E-state index contributed by atoms with van der Waals surface area (Å²) in [6, 6.07) is 1.000. The van der Waals surface area contributed by atoms with Crippen LogP contribution in [0.15, 0.2) is 0 Å². The third kappa shape index (κ3) is 3.64. The van der Waals surface area contributed by atoms with Crippen LogP contribution in [-0.4, -0.2) is 35.3 Å². The van der Waals surface area contributed by atoms with Crippen LogP contribution in [0, 0.1) is 5.41 Å². The molecule has 3 atom stereocenters. The van der Waals surface area contributed by atoms with Gasteiger partial charge in [0, 0.05) is 17.3 Å². The van der Waals surface area contributed by atoms with Crippen LogP contribution < -0.4 is 5.32 Å². The van der Waals surface area contributed by atoms with Gasteiger partial charge >= 0.3 is 0 Å². The molecule has 16 heavy (non-hydrogen) atoms. The van der Waals surface area contributed by atoms with E-state index >= 15 is 0 Å². The van der Waals surface area contributed by atoms with Gasteiger partial charge in [0.1, 0.15) is 0 Å². The van der Waals surface area contributed by atoms with Gasteiger partial charge in [-0.2, -0.15) is 11.8 Å². The van der Waals surface area contributed by atoms with Gasteiger partial charge in [-0.05, 0) is 31.4 Å². The second-order valence-corrected chi connectivity index (χ2v) is 6.78. The molecule has 2 nitrogen and oxygen atoms in total. The van der Waals surface area contributed by atoms with Crippen LogP contribution in [0.4, 0.5) is 0 Å². The summed E-state index contributed by atoms with van der Waals surface area (Å²) < 4.78 is 0. The van der Waals surface area contributed by atoms with Gasteiger partial charge in [0.05, 0.1) is 6.61 Å². The molecular formula is C13H27NOS. The molecule has 0 aromatic heterocycles. The van der Waals surface area contributed by atoms with Crippen LogP contribution in [0.5, 0.6) is 0 Å². The van der Waals surface area contributed by atoms with Crippen molar-refractivity contribution in [1.82, 2.24) is 5.32 Å². The number of aliphatic hydroxyl groups is 1. The minimum absolute atomic E-state index is 0.266. The molecule has 1 rings (SSSR count). The highest BCUT2D eigenvalue weighted by molar-refractivity contribution is 7.99. The van der Waals surface area contributed by atoms with Crippen molar-refractivity contribution in [3.05, 3.63) is 0 Å². The van der Waals surface area contributed by atoms with Crippen LogP contribution in [0.25, 0.3) is 0 Å². The Hall–Kier alpha value is 0.270. The van der Waals surface area contributed by atoms with Gasteiger partial charge in [0.2, 0.25) is 0 Å². The first kappa shape index (κ1) is 14.3. The average Bonchev–Trinajstić information content (AvgIpc) is 2.23. The van der Waals surface area contributed by atoms with Gasteiger partial charge < -0.3 is 10.4 Å². The number of nitrogens with one attached hydrogen (secondary N) is 1. The summed E-state index contributed by atoms with van der Waals surface area (Å²) in [7, 11) is 0. The number of thioether (sulfide) groups is 1. The smallest absolute Gasteiger partial charge is 0.0564 e. The number of hydrogen-bond acceptors (Lipinski definition) is 3. The normalized spacial score (nSPS) is 28.7. The zero-order valence-corrected chi connectivity index (χ0v) is 11.9. The molecule has 0 amide bonds. The summed E-state index contributed by atoms with van der Waals surface area (Å²) in [5, 5.41) is 13.3. The third-order valence-electron chi connectivity index (χ3n) is 4.01. The SMILES string of the molecule is CSC(CO)C(C)NC1CCCCC1(C)C. The lowest BCUT2D eigenvalue weighted by atomic mass is 9.73. The quantitative estimate of drug-likeness (QED) is 0.781. The van der Waals surface area contributed by atoms with Crippen molar-refractivity contribution in [2.45, 2.75) is 63.8 Å². The molecule has 1 fully saturated rings. The van der Waals surface area contributed by atoms with E-state index in [9.17, 15) is 5.11 Å². The number of aliphatic hydroxyl groups excluding tert-OH is 1. The zero-order chi connectivity index (χ0) is 12.2. The number of rotatable bonds is 5. The van der Waals surface area contributed by atoms with E-state index in [2.05, 4.69) is 32.3 Å². The summed E-state index contributed by atoms with van der Waals surface area (Å²) in [5.74, 6) is 0. The van der Waals surface area contributed by atoms with Gasteiger partial charge in [-0.15, -0.1) is 0 Å². The molecule has 0 radical (unpaired) electrons. The van der Waals surface area contributed by atoms with E-state index in [-0.39, 0.29) is 6.61 Å². The summed E-state index contributed by atoms with van der Waals surface area (Å²) in [6.45, 7) is 7.19. The van der Waals surface area contributed by atoms with Crippen LogP contribution in [-0.2, 0) is 0 Å². The maximum Gasteiger partial charge on any atom is 0.0564 e. The Balaban J connectivity index is 2.51. The molecule has 96 valence electrons. The third-order valence-corrected chi connectivity index (χ3v) is 5.17. The van der Waals surface area contributed by atoms with Crippen LogP contribution in [0.2, 0.25) is 0 Å². The first-order valence-electron chi connectivity index (χ1n) is 6.41. The first-order valence-corrected chi connectivity index (χ1v) is 7.69. The Labute approximate surface area is 105 Å². The molecule has 0 spiro atoms. The fourth-order valence-corrected chi connectivity index (χ4v) is 3.30. The summed E-state index contributed by atoms with van der Waals surface area (Å²) >= 11 is 1.75. The van der Waals surface area contributed by atoms with Crippen LogP contribution >= 0.6 is 11.8 Å². The minimum atomic E-state index is 0.266. The second-order valence-electron chi connectivity index (χ2n) is 5.70. The monoisotopic (exact) mass is 245 g/mol. The highest BCUT2D eigenvalue weighted by Crippen LogP contribution is 2.35. The maximum absolute atomic E-state index is 9.30. The van der Waals surface area contributed by atoms with Crippen molar-refractivity contribution < 1.29 is 5.11 Å². The van der Waals surface area contributed by atoms with Crippen LogP contribution in [0.3, 0.4) is 0 Å². The van der Waals surface area contributed by atoms with Crippen LogP contribution in [0.1, 0.15) is 46.5 Å². The molecule has 0 bridgehead atoms. The molecule has 0 aromatic carbocycles. The largest absolute Gasteiger partial charge is 0.395 e. The molecule has 0 heterocycles. The summed E-state index contributed by atoms with van der Waals surface area (Å²) in [4.78, 5) is 0. The summed E-state index contributed by atoms with van der Waals surface area (Å²) in [5.41, 5.74) is 0.408. The van der Waals surface area contributed by atoms with Gasteiger partial charge in [0.25, 0.3) is 0 Å². The van der Waals surface area contributed by atoms with Crippen molar-refractivity contribution in [2.75, 3.05) is 12.9 Å². The average molecular weight is 245 g/mol. The lowest BCUT2D eigenvalue weighted by Crippen LogP contribution is -2.51. The lowest BCUT2D eigenvalue weighted by Gasteiger charge is -2.41. The van der Waals surface area contributed by atoms with E-state index < -0.39 is 0 Å². The highest BCUT2D eigenvalue weighted by atomic mass is 32.2. The first-order chi connectivity index (χ1) is 7.51. The summed E-state index contributed by atoms with van der Waals surface area (Å²) in [6.07, 6.45) is 7.39. The fourth-order valence-electron chi connectivity index (χ4n) is 2.66. The molecule has 1 aliphatic carbocycles. The molecular weight excluding hydrogens is 218 g/mol. The molecule has 1 aliphatic rings. The molecule has 2 N–H and O–H groups in total. The molecule has 1 saturated carbocycles. The Kier molecular flexibility index (Phi) is 5.62. The molecule has 3 heteroatoms. The van der Waals surface area contributed by atoms with E-state index in [0.717, 1.165) is 0 Å². The van der Waals surface area contributed by atoms with Crippen molar-refractivity contribution in [3.8, 4) is 0 Å². The Morgan fingerprint density at radius 3 is 2.62 bits per heavy atom. The van der Waals surface area contributed by atoms with Crippen molar-refractivity contribution in [2.24, 2.45) is 5.41 Å². The van der Waals surface area contributed by atoms with Gasteiger partial charge in [-0.1, -0.05) is 26.7 Å². The van der Waals surface area contributed by atoms with E-state index in [1.54, 1.807) is 11.8 Å². The topological polar surface area (TPSA) is 32.3 Å². The molecule has 0 saturated heterocycles. The fraction of sp³-hybridized carbons (Fsp3) is 1.00. The predicted molar refractivity (Wildman–Crippen MR) is 73.0 cm³/mol.